The van der Waals surface area contributed by atoms with E-state index in [0.29, 0.717) is 12.1 Å². The molecule has 0 N–H and O–H groups in total. The van der Waals surface area contributed by atoms with Gasteiger partial charge in [-0.25, -0.2) is 4.39 Å². The summed E-state index contributed by atoms with van der Waals surface area (Å²) in [6.45, 7) is 4.31. The van der Waals surface area contributed by atoms with Crippen molar-refractivity contribution in [2.75, 3.05) is 0 Å². The largest absolute Gasteiger partial charge is 0.349 e. The summed E-state index contributed by atoms with van der Waals surface area (Å²) in [5, 5.41) is 0.114. The number of Topliss-reactive ketones (excluding diaryl/α,β-unsaturated/α-hetero) is 1. The van der Waals surface area contributed by atoms with Crippen LogP contribution < -0.4 is 0 Å². The van der Waals surface area contributed by atoms with Crippen LogP contribution in [0.1, 0.15) is 29.8 Å². The van der Waals surface area contributed by atoms with E-state index in [1.165, 1.54) is 6.07 Å². The highest BCUT2D eigenvalue weighted by Gasteiger charge is 2.11. The van der Waals surface area contributed by atoms with Crippen molar-refractivity contribution < 1.29 is 9.18 Å². The molecule has 0 fully saturated rings. The van der Waals surface area contributed by atoms with Gasteiger partial charge in [-0.05, 0) is 23.8 Å². The van der Waals surface area contributed by atoms with E-state index in [1.807, 2.05) is 24.6 Å². The molecule has 0 spiro atoms. The lowest BCUT2D eigenvalue weighted by molar-refractivity contribution is 0.0939. The zero-order valence-corrected chi connectivity index (χ0v) is 11.6. The normalized spacial score (nSPS) is 11.0. The van der Waals surface area contributed by atoms with Crippen molar-refractivity contribution in [1.82, 2.24) is 4.57 Å². The third-order valence-corrected chi connectivity index (χ3v) is 3.20. The lowest BCUT2D eigenvalue weighted by Gasteiger charge is -2.04. The molecule has 0 bridgehead atoms. The Morgan fingerprint density at radius 2 is 2.11 bits per heavy atom. The average molecular weight is 280 g/mol. The van der Waals surface area contributed by atoms with Crippen LogP contribution in [0.15, 0.2) is 36.7 Å². The fourth-order valence-corrected chi connectivity index (χ4v) is 2.07. The van der Waals surface area contributed by atoms with Crippen molar-refractivity contribution in [2.45, 2.75) is 20.4 Å². The van der Waals surface area contributed by atoms with E-state index in [1.54, 1.807) is 24.4 Å². The van der Waals surface area contributed by atoms with E-state index in [2.05, 4.69) is 0 Å². The third-order valence-electron chi connectivity index (χ3n) is 2.91. The first kappa shape index (κ1) is 13.8. The zero-order chi connectivity index (χ0) is 14.0. The van der Waals surface area contributed by atoms with Gasteiger partial charge in [0.1, 0.15) is 5.82 Å². The van der Waals surface area contributed by atoms with E-state index >= 15 is 0 Å². The summed E-state index contributed by atoms with van der Waals surface area (Å²) >= 11 is 5.74. The number of nitrogens with zero attached hydrogens (tertiary/aromatic N) is 1. The Balaban J connectivity index is 2.15. The summed E-state index contributed by atoms with van der Waals surface area (Å²) in [5.74, 6) is -0.319. The van der Waals surface area contributed by atoms with Crippen LogP contribution in [0.25, 0.3) is 0 Å². The van der Waals surface area contributed by atoms with Crippen molar-refractivity contribution in [3.8, 4) is 0 Å². The van der Waals surface area contributed by atoms with Gasteiger partial charge in [0.05, 0.1) is 5.02 Å². The van der Waals surface area contributed by atoms with Crippen LogP contribution in [0.2, 0.25) is 5.02 Å². The van der Waals surface area contributed by atoms with Gasteiger partial charge in [0, 0.05) is 30.4 Å². The van der Waals surface area contributed by atoms with E-state index in [9.17, 15) is 9.18 Å². The minimum absolute atomic E-state index is 0.0175. The van der Waals surface area contributed by atoms with Gasteiger partial charge in [-0.3, -0.25) is 4.79 Å². The van der Waals surface area contributed by atoms with Crippen LogP contribution in [0, 0.1) is 11.7 Å². The summed E-state index contributed by atoms with van der Waals surface area (Å²) in [7, 11) is 0. The summed E-state index contributed by atoms with van der Waals surface area (Å²) in [6, 6.07) is 6.43. The molecule has 0 aliphatic heterocycles. The van der Waals surface area contributed by atoms with Crippen LogP contribution in [0.4, 0.5) is 4.39 Å². The molecule has 4 heteroatoms. The number of hydrogen-bond acceptors (Lipinski definition) is 1. The molecule has 2 rings (SSSR count). The lowest BCUT2D eigenvalue weighted by Crippen LogP contribution is -2.06. The lowest BCUT2D eigenvalue weighted by atomic mass is 10.0. The number of halogens is 2. The molecule has 0 aliphatic carbocycles. The van der Waals surface area contributed by atoms with Crippen molar-refractivity contribution in [2.24, 2.45) is 5.92 Å². The van der Waals surface area contributed by atoms with Gasteiger partial charge >= 0.3 is 0 Å². The standard InChI is InChI=1S/C15H15ClFNO/c1-10(2)15(19)12-5-6-18(9-12)8-11-3-4-14(17)13(16)7-11/h3-7,9-10H,8H2,1-2H3. The SMILES string of the molecule is CC(C)C(=O)c1ccn(Cc2ccc(F)c(Cl)c2)c1. The molecule has 19 heavy (non-hydrogen) atoms. The molecule has 2 nitrogen and oxygen atoms in total. The molecule has 0 saturated carbocycles. The van der Waals surface area contributed by atoms with Crippen LogP contribution in [-0.2, 0) is 6.54 Å². The van der Waals surface area contributed by atoms with E-state index in [-0.39, 0.29) is 16.7 Å². The summed E-state index contributed by atoms with van der Waals surface area (Å²) < 4.78 is 14.9. The molecule has 100 valence electrons. The molecular weight excluding hydrogens is 265 g/mol. The van der Waals surface area contributed by atoms with E-state index in [0.717, 1.165) is 5.56 Å². The fourth-order valence-electron chi connectivity index (χ4n) is 1.87. The molecule has 2 aromatic rings. The molecule has 0 amide bonds. The summed E-state index contributed by atoms with van der Waals surface area (Å²) in [5.41, 5.74) is 1.59. The maximum absolute atomic E-state index is 13.1. The fraction of sp³-hybridized carbons (Fsp3) is 0.267. The monoisotopic (exact) mass is 279 g/mol. The summed E-state index contributed by atoms with van der Waals surface area (Å²) in [6.07, 6.45) is 3.65. The number of hydrogen-bond donors (Lipinski definition) is 0. The minimum atomic E-state index is -0.423. The van der Waals surface area contributed by atoms with E-state index < -0.39 is 5.82 Å². The minimum Gasteiger partial charge on any atom is -0.349 e. The molecular formula is C15H15ClFNO. The van der Waals surface area contributed by atoms with Gasteiger partial charge in [-0.2, -0.15) is 0 Å². The van der Waals surface area contributed by atoms with Gasteiger partial charge in [0.25, 0.3) is 0 Å². The number of carbonyl (C=O) groups excluding carboxylic acids is 1. The van der Waals surface area contributed by atoms with Gasteiger partial charge in [0.15, 0.2) is 5.78 Å². The quantitative estimate of drug-likeness (QED) is 0.770. The second kappa shape index (κ2) is 5.57. The molecule has 0 saturated heterocycles. The predicted molar refractivity (Wildman–Crippen MR) is 74.1 cm³/mol. The summed E-state index contributed by atoms with van der Waals surface area (Å²) in [4.78, 5) is 11.8. The number of carbonyl (C=O) groups is 1. The molecule has 0 aliphatic rings. The highest BCUT2D eigenvalue weighted by atomic mass is 35.5. The second-order valence-corrected chi connectivity index (χ2v) is 5.25. The Kier molecular flexibility index (Phi) is 4.05. The van der Waals surface area contributed by atoms with Crippen LogP contribution >= 0.6 is 11.6 Å². The Morgan fingerprint density at radius 3 is 2.74 bits per heavy atom. The molecule has 1 heterocycles. The highest BCUT2D eigenvalue weighted by Crippen LogP contribution is 2.17. The van der Waals surface area contributed by atoms with Gasteiger partial charge in [0.2, 0.25) is 0 Å². The van der Waals surface area contributed by atoms with Gasteiger partial charge < -0.3 is 4.57 Å². The van der Waals surface area contributed by atoms with Crippen LogP contribution in [-0.4, -0.2) is 10.4 Å². The Bertz CT molecular complexity index is 604. The first-order valence-electron chi connectivity index (χ1n) is 6.11. The smallest absolute Gasteiger partial charge is 0.166 e. The predicted octanol–water partition coefficient (Wildman–Crippen LogP) is 4.17. The highest BCUT2D eigenvalue weighted by molar-refractivity contribution is 6.30. The van der Waals surface area contributed by atoms with Crippen molar-refractivity contribution in [3.05, 3.63) is 58.6 Å². The zero-order valence-electron chi connectivity index (χ0n) is 10.9. The Morgan fingerprint density at radius 1 is 1.37 bits per heavy atom. The van der Waals surface area contributed by atoms with Gasteiger partial charge in [-0.15, -0.1) is 0 Å². The van der Waals surface area contributed by atoms with Crippen LogP contribution in [0.3, 0.4) is 0 Å². The van der Waals surface area contributed by atoms with Crippen LogP contribution in [0.5, 0.6) is 0 Å². The molecule has 0 atom stereocenters. The van der Waals surface area contributed by atoms with Crippen molar-refractivity contribution in [1.29, 1.82) is 0 Å². The molecule has 0 unspecified atom stereocenters. The number of benzene rings is 1. The molecule has 0 radical (unpaired) electrons. The third kappa shape index (κ3) is 3.24. The first-order valence-corrected chi connectivity index (χ1v) is 6.49. The average Bonchev–Trinajstić information content (AvgIpc) is 2.81. The second-order valence-electron chi connectivity index (χ2n) is 4.84. The topological polar surface area (TPSA) is 22.0 Å². The number of aromatic nitrogens is 1. The molecule has 1 aromatic carbocycles. The van der Waals surface area contributed by atoms with Crippen molar-refractivity contribution in [3.63, 3.8) is 0 Å². The maximum atomic E-state index is 13.1. The Hall–Kier alpha value is -1.61. The first-order chi connectivity index (χ1) is 8.97. The van der Waals surface area contributed by atoms with Crippen molar-refractivity contribution >= 4 is 17.4 Å². The number of rotatable bonds is 4. The van der Waals surface area contributed by atoms with Gasteiger partial charge in [-0.1, -0.05) is 31.5 Å². The number of ketones is 1. The maximum Gasteiger partial charge on any atom is 0.166 e. The molecule has 1 aromatic heterocycles. The Labute approximate surface area is 116 Å². The van der Waals surface area contributed by atoms with E-state index in [4.69, 9.17) is 11.6 Å².